The number of hydrogen-bond donors (Lipinski definition) is 0. The Labute approximate surface area is 122 Å². The zero-order valence-corrected chi connectivity index (χ0v) is 12.9. The highest BCUT2D eigenvalue weighted by molar-refractivity contribution is 9.10. The van der Waals surface area contributed by atoms with E-state index in [-0.39, 0.29) is 11.8 Å². The summed E-state index contributed by atoms with van der Waals surface area (Å²) in [6.07, 6.45) is 4.36. The summed E-state index contributed by atoms with van der Waals surface area (Å²) in [5, 5.41) is 0. The fraction of sp³-hybridized carbons (Fsp3) is 0.438. The highest BCUT2D eigenvalue weighted by Gasteiger charge is 2.44. The van der Waals surface area contributed by atoms with Crippen LogP contribution in [-0.2, 0) is 4.79 Å². The van der Waals surface area contributed by atoms with Gasteiger partial charge in [-0.15, -0.1) is 0 Å². The lowest BCUT2D eigenvalue weighted by Crippen LogP contribution is -2.40. The SMILES string of the molecule is CC1=CN(c2ccc(Br)cc2)C(=O)[C@H]2[C@@H]1CC[C@@H]2C. The van der Waals surface area contributed by atoms with Crippen molar-refractivity contribution in [2.45, 2.75) is 26.7 Å². The summed E-state index contributed by atoms with van der Waals surface area (Å²) >= 11 is 3.43. The molecule has 3 heteroatoms. The van der Waals surface area contributed by atoms with E-state index in [1.54, 1.807) is 0 Å². The molecule has 1 amide bonds. The minimum Gasteiger partial charge on any atom is -0.288 e. The van der Waals surface area contributed by atoms with Crippen LogP contribution >= 0.6 is 15.9 Å². The smallest absolute Gasteiger partial charge is 0.235 e. The molecular weight excluding hydrogens is 302 g/mol. The number of amides is 1. The fourth-order valence-electron chi connectivity index (χ4n) is 3.45. The molecule has 1 aromatic carbocycles. The topological polar surface area (TPSA) is 20.3 Å². The van der Waals surface area contributed by atoms with Gasteiger partial charge in [-0.25, -0.2) is 0 Å². The molecule has 0 N–H and O–H groups in total. The first-order valence-corrected chi connectivity index (χ1v) is 7.64. The Bertz CT molecular complexity index is 534. The normalized spacial score (nSPS) is 30.3. The molecule has 0 radical (unpaired) electrons. The largest absolute Gasteiger partial charge is 0.288 e. The van der Waals surface area contributed by atoms with Gasteiger partial charge in [0, 0.05) is 22.3 Å². The third-order valence-electron chi connectivity index (χ3n) is 4.52. The maximum absolute atomic E-state index is 12.7. The Hall–Kier alpha value is -1.09. The Morgan fingerprint density at radius 3 is 2.58 bits per heavy atom. The summed E-state index contributed by atoms with van der Waals surface area (Å²) < 4.78 is 1.04. The van der Waals surface area contributed by atoms with E-state index in [2.05, 4.69) is 29.8 Å². The van der Waals surface area contributed by atoms with Crippen molar-refractivity contribution in [3.05, 3.63) is 40.5 Å². The van der Waals surface area contributed by atoms with Crippen LogP contribution in [0.1, 0.15) is 26.7 Å². The van der Waals surface area contributed by atoms with Crippen LogP contribution in [0.4, 0.5) is 5.69 Å². The monoisotopic (exact) mass is 319 g/mol. The van der Waals surface area contributed by atoms with Crippen molar-refractivity contribution < 1.29 is 4.79 Å². The third kappa shape index (κ3) is 2.14. The number of halogens is 1. The van der Waals surface area contributed by atoms with Crippen molar-refractivity contribution in [2.75, 3.05) is 4.90 Å². The molecule has 3 rings (SSSR count). The van der Waals surface area contributed by atoms with Gasteiger partial charge in [0.1, 0.15) is 0 Å². The van der Waals surface area contributed by atoms with Crippen molar-refractivity contribution in [1.29, 1.82) is 0 Å². The first kappa shape index (κ1) is 12.9. The average molecular weight is 320 g/mol. The molecule has 2 nitrogen and oxygen atoms in total. The Morgan fingerprint density at radius 1 is 1.21 bits per heavy atom. The first-order valence-electron chi connectivity index (χ1n) is 6.85. The van der Waals surface area contributed by atoms with Gasteiger partial charge in [0.05, 0.1) is 0 Å². The summed E-state index contributed by atoms with van der Waals surface area (Å²) in [6, 6.07) is 7.95. The second kappa shape index (κ2) is 4.78. The first-order chi connectivity index (χ1) is 9.08. The Morgan fingerprint density at radius 2 is 1.89 bits per heavy atom. The van der Waals surface area contributed by atoms with Gasteiger partial charge in [0.2, 0.25) is 5.91 Å². The van der Waals surface area contributed by atoms with Gasteiger partial charge in [-0.3, -0.25) is 9.69 Å². The third-order valence-corrected chi connectivity index (χ3v) is 5.05. The fourth-order valence-corrected chi connectivity index (χ4v) is 3.72. The molecule has 19 heavy (non-hydrogen) atoms. The predicted molar refractivity (Wildman–Crippen MR) is 80.8 cm³/mol. The number of benzene rings is 1. The number of fused-ring (bicyclic) bond motifs is 1. The van der Waals surface area contributed by atoms with Crippen LogP contribution in [0.5, 0.6) is 0 Å². The Kier molecular flexibility index (Phi) is 3.25. The average Bonchev–Trinajstić information content (AvgIpc) is 2.78. The van der Waals surface area contributed by atoms with Crippen molar-refractivity contribution in [2.24, 2.45) is 17.8 Å². The number of nitrogens with zero attached hydrogens (tertiary/aromatic N) is 1. The quantitative estimate of drug-likeness (QED) is 0.753. The lowest BCUT2D eigenvalue weighted by molar-refractivity contribution is -0.124. The standard InChI is InChI=1S/C16H18BrNO/c1-10-3-8-14-11(2)9-18(16(19)15(10)14)13-6-4-12(17)5-7-13/h4-7,9-10,14-15H,3,8H2,1-2H3/t10-,14+,15+/m0/s1. The van der Waals surface area contributed by atoms with Crippen LogP contribution in [0, 0.1) is 17.8 Å². The van der Waals surface area contributed by atoms with Crippen molar-refractivity contribution in [3.63, 3.8) is 0 Å². The molecule has 2 aliphatic rings. The van der Waals surface area contributed by atoms with E-state index in [9.17, 15) is 4.79 Å². The van der Waals surface area contributed by atoms with Gasteiger partial charge in [-0.2, -0.15) is 0 Å². The molecule has 1 heterocycles. The van der Waals surface area contributed by atoms with E-state index in [4.69, 9.17) is 0 Å². The van der Waals surface area contributed by atoms with Gasteiger partial charge in [-0.05, 0) is 55.9 Å². The van der Waals surface area contributed by atoms with E-state index >= 15 is 0 Å². The molecule has 0 bridgehead atoms. The van der Waals surface area contributed by atoms with Crippen molar-refractivity contribution in [3.8, 4) is 0 Å². The number of hydrogen-bond acceptors (Lipinski definition) is 1. The maximum Gasteiger partial charge on any atom is 0.235 e. The van der Waals surface area contributed by atoms with Gasteiger partial charge in [-0.1, -0.05) is 28.4 Å². The summed E-state index contributed by atoms with van der Waals surface area (Å²) in [7, 11) is 0. The van der Waals surface area contributed by atoms with Gasteiger partial charge in [0.15, 0.2) is 0 Å². The molecular formula is C16H18BrNO. The van der Waals surface area contributed by atoms with Crippen LogP contribution in [0.15, 0.2) is 40.5 Å². The molecule has 1 aromatic rings. The molecule has 3 atom stereocenters. The summed E-state index contributed by atoms with van der Waals surface area (Å²) in [4.78, 5) is 14.6. The van der Waals surface area contributed by atoms with Crippen molar-refractivity contribution in [1.82, 2.24) is 0 Å². The number of allylic oxidation sites excluding steroid dienone is 1. The van der Waals surface area contributed by atoms with E-state index < -0.39 is 0 Å². The lowest BCUT2D eigenvalue weighted by Gasteiger charge is -2.34. The van der Waals surface area contributed by atoms with Gasteiger partial charge >= 0.3 is 0 Å². The number of carbonyl (C=O) groups is 1. The Balaban J connectivity index is 1.99. The molecule has 100 valence electrons. The summed E-state index contributed by atoms with van der Waals surface area (Å²) in [5.41, 5.74) is 2.31. The van der Waals surface area contributed by atoms with E-state index in [1.165, 1.54) is 12.0 Å². The molecule has 1 saturated carbocycles. The predicted octanol–water partition coefficient (Wildman–Crippen LogP) is 4.36. The minimum absolute atomic E-state index is 0.175. The zero-order chi connectivity index (χ0) is 13.6. The van der Waals surface area contributed by atoms with E-state index in [0.717, 1.165) is 16.6 Å². The lowest BCUT2D eigenvalue weighted by atomic mass is 9.82. The second-order valence-corrected chi connectivity index (χ2v) is 6.66. The highest BCUT2D eigenvalue weighted by atomic mass is 79.9. The van der Waals surface area contributed by atoms with Crippen molar-refractivity contribution >= 4 is 27.5 Å². The maximum atomic E-state index is 12.7. The van der Waals surface area contributed by atoms with Crippen LogP contribution in [0.25, 0.3) is 0 Å². The van der Waals surface area contributed by atoms with Crippen LogP contribution in [0.3, 0.4) is 0 Å². The number of carbonyl (C=O) groups excluding carboxylic acids is 1. The molecule has 1 aliphatic carbocycles. The van der Waals surface area contributed by atoms with E-state index in [0.29, 0.717) is 11.8 Å². The minimum atomic E-state index is 0.175. The van der Waals surface area contributed by atoms with E-state index in [1.807, 2.05) is 35.4 Å². The number of rotatable bonds is 1. The summed E-state index contributed by atoms with van der Waals surface area (Å²) in [6.45, 7) is 4.37. The zero-order valence-electron chi connectivity index (χ0n) is 11.3. The van der Waals surface area contributed by atoms with Crippen LogP contribution < -0.4 is 4.90 Å². The van der Waals surface area contributed by atoms with Gasteiger partial charge < -0.3 is 0 Å². The number of anilines is 1. The molecule has 1 fully saturated rings. The highest BCUT2D eigenvalue weighted by Crippen LogP contribution is 2.45. The second-order valence-electron chi connectivity index (χ2n) is 5.74. The molecule has 0 aromatic heterocycles. The molecule has 1 aliphatic heterocycles. The molecule has 0 saturated heterocycles. The van der Waals surface area contributed by atoms with Crippen LogP contribution in [-0.4, -0.2) is 5.91 Å². The molecule has 0 unspecified atom stereocenters. The van der Waals surface area contributed by atoms with Crippen LogP contribution in [0.2, 0.25) is 0 Å². The van der Waals surface area contributed by atoms with Gasteiger partial charge in [0.25, 0.3) is 0 Å². The summed E-state index contributed by atoms with van der Waals surface area (Å²) in [5.74, 6) is 1.41. The molecule has 0 spiro atoms.